The topological polar surface area (TPSA) is 120 Å². The summed E-state index contributed by atoms with van der Waals surface area (Å²) >= 11 is 6.19. The lowest BCUT2D eigenvalue weighted by Gasteiger charge is -2.22. The first kappa shape index (κ1) is 30.1. The molecule has 0 radical (unpaired) electrons. The summed E-state index contributed by atoms with van der Waals surface area (Å²) in [6.07, 6.45) is 1.68. The number of halogens is 1. The number of pyridine rings is 1. The van der Waals surface area contributed by atoms with Gasteiger partial charge >= 0.3 is 0 Å². The van der Waals surface area contributed by atoms with E-state index in [1.165, 1.54) is 9.47 Å². The normalized spacial score (nSPS) is 10.8. The Bertz CT molecular complexity index is 2000. The number of H-pyrrole nitrogens is 1. The van der Waals surface area contributed by atoms with Crippen LogP contribution in [0.5, 0.6) is 11.5 Å². The maximum Gasteiger partial charge on any atom is 0.274 e. The number of aromatic amines is 1. The van der Waals surface area contributed by atoms with Crippen LogP contribution in [-0.2, 0) is 7.05 Å². The van der Waals surface area contributed by atoms with Gasteiger partial charge in [0.15, 0.2) is 0 Å². The quantitative estimate of drug-likeness (QED) is 0.195. The Morgan fingerprint density at radius 3 is 2.45 bits per heavy atom. The van der Waals surface area contributed by atoms with E-state index in [0.717, 1.165) is 11.1 Å². The van der Waals surface area contributed by atoms with E-state index in [1.807, 2.05) is 39.0 Å². The van der Waals surface area contributed by atoms with Crippen LogP contribution in [0.2, 0.25) is 5.02 Å². The Morgan fingerprint density at radius 2 is 1.77 bits per heavy atom. The van der Waals surface area contributed by atoms with E-state index in [1.54, 1.807) is 61.8 Å². The van der Waals surface area contributed by atoms with Crippen molar-refractivity contribution in [2.45, 2.75) is 20.8 Å². The van der Waals surface area contributed by atoms with Gasteiger partial charge in [0.05, 0.1) is 6.07 Å². The number of carbonyl (C=O) groups excluding carboxylic acids is 2. The van der Waals surface area contributed by atoms with Gasteiger partial charge in [-0.2, -0.15) is 5.26 Å². The fourth-order valence-electron chi connectivity index (χ4n) is 5.11. The second kappa shape index (κ2) is 12.5. The average Bonchev–Trinajstić information content (AvgIpc) is 3.46. The zero-order chi connectivity index (χ0) is 31.5. The Balaban J connectivity index is 1.71. The second-order valence-electron chi connectivity index (χ2n) is 10.4. The standard InChI is InChI=1S/C34H30ClN5O4/c1-5-37-32(41)28-18-26-27(19-39(4)34(43)30(26)38-28)25-13-12-22(16-29(25)44-31-20(2)8-6-9-21(31)3)33(42)40(15-14-36)24-11-7-10-23(35)17-24/h6-13,16-19,38H,5,15H2,1-4H3,(H,37,41). The second-order valence-corrected chi connectivity index (χ2v) is 10.8. The zero-order valence-electron chi connectivity index (χ0n) is 24.7. The summed E-state index contributed by atoms with van der Waals surface area (Å²) in [4.78, 5) is 44.0. The van der Waals surface area contributed by atoms with E-state index in [-0.39, 0.29) is 34.8 Å². The molecule has 0 aliphatic rings. The van der Waals surface area contributed by atoms with Crippen LogP contribution in [0.4, 0.5) is 5.69 Å². The third-order valence-corrected chi connectivity index (χ3v) is 7.52. The number of amides is 2. The van der Waals surface area contributed by atoms with Gasteiger partial charge < -0.3 is 19.6 Å². The minimum absolute atomic E-state index is 0.193. The summed E-state index contributed by atoms with van der Waals surface area (Å²) in [7, 11) is 1.63. The Hall–Kier alpha value is -5.33. The predicted octanol–water partition coefficient (Wildman–Crippen LogP) is 6.52. The van der Waals surface area contributed by atoms with Crippen molar-refractivity contribution in [2.75, 3.05) is 18.0 Å². The van der Waals surface area contributed by atoms with Gasteiger partial charge in [-0.15, -0.1) is 0 Å². The van der Waals surface area contributed by atoms with Gasteiger partial charge in [-0.05, 0) is 74.4 Å². The highest BCUT2D eigenvalue weighted by Crippen LogP contribution is 2.39. The van der Waals surface area contributed by atoms with Crippen molar-refractivity contribution in [1.82, 2.24) is 14.9 Å². The molecule has 0 fully saturated rings. The molecule has 44 heavy (non-hydrogen) atoms. The molecular weight excluding hydrogens is 578 g/mol. The number of rotatable bonds is 8. The number of benzene rings is 3. The Labute approximate surface area is 259 Å². The third kappa shape index (κ3) is 5.80. The summed E-state index contributed by atoms with van der Waals surface area (Å²) in [6.45, 7) is 5.91. The number of carbonyl (C=O) groups is 2. The van der Waals surface area contributed by atoms with Crippen molar-refractivity contribution in [3.63, 3.8) is 0 Å². The molecule has 2 heterocycles. The third-order valence-electron chi connectivity index (χ3n) is 7.28. The number of hydrogen-bond donors (Lipinski definition) is 2. The molecule has 0 saturated carbocycles. The van der Waals surface area contributed by atoms with Crippen LogP contribution in [0.25, 0.3) is 22.0 Å². The number of fused-ring (bicyclic) bond motifs is 1. The minimum atomic E-state index is -0.419. The fourth-order valence-corrected chi connectivity index (χ4v) is 5.29. The summed E-state index contributed by atoms with van der Waals surface area (Å²) in [6, 6.07) is 21.3. The maximum absolute atomic E-state index is 13.9. The Kier molecular flexibility index (Phi) is 8.56. The first-order valence-corrected chi connectivity index (χ1v) is 14.3. The number of nitrogens with zero attached hydrogens (tertiary/aromatic N) is 3. The summed E-state index contributed by atoms with van der Waals surface area (Å²) in [5.74, 6) is 0.234. The average molecular weight is 608 g/mol. The van der Waals surface area contributed by atoms with Crippen molar-refractivity contribution in [1.29, 1.82) is 5.26 Å². The van der Waals surface area contributed by atoms with Crippen molar-refractivity contribution in [3.8, 4) is 28.7 Å². The molecule has 0 unspecified atom stereocenters. The zero-order valence-corrected chi connectivity index (χ0v) is 25.5. The van der Waals surface area contributed by atoms with Crippen molar-refractivity contribution >= 4 is 40.0 Å². The van der Waals surface area contributed by atoms with Gasteiger partial charge in [0.25, 0.3) is 17.4 Å². The largest absolute Gasteiger partial charge is 0.456 e. The van der Waals surface area contributed by atoms with Crippen molar-refractivity contribution in [2.24, 2.45) is 7.05 Å². The number of hydrogen-bond acceptors (Lipinski definition) is 5. The molecular formula is C34H30ClN5O4. The predicted molar refractivity (Wildman–Crippen MR) is 172 cm³/mol. The molecule has 0 saturated heterocycles. The van der Waals surface area contributed by atoms with Crippen molar-refractivity contribution in [3.05, 3.63) is 111 Å². The number of para-hydroxylation sites is 1. The van der Waals surface area contributed by atoms with Crippen LogP contribution in [0.15, 0.2) is 77.7 Å². The van der Waals surface area contributed by atoms with E-state index in [0.29, 0.717) is 45.3 Å². The number of anilines is 1. The molecule has 2 N–H and O–H groups in total. The van der Waals surface area contributed by atoms with Crippen LogP contribution < -0.4 is 20.5 Å². The highest BCUT2D eigenvalue weighted by atomic mass is 35.5. The first-order valence-electron chi connectivity index (χ1n) is 14.0. The highest BCUT2D eigenvalue weighted by Gasteiger charge is 2.23. The molecule has 0 aliphatic carbocycles. The van der Waals surface area contributed by atoms with E-state index in [4.69, 9.17) is 16.3 Å². The summed E-state index contributed by atoms with van der Waals surface area (Å²) in [5.41, 5.74) is 4.00. The molecule has 2 aromatic heterocycles. The molecule has 0 bridgehead atoms. The smallest absolute Gasteiger partial charge is 0.274 e. The molecule has 0 spiro atoms. The van der Waals surface area contributed by atoms with Gasteiger partial charge in [0.1, 0.15) is 29.3 Å². The van der Waals surface area contributed by atoms with Crippen LogP contribution in [0.1, 0.15) is 38.9 Å². The molecule has 5 rings (SSSR count). The molecule has 9 nitrogen and oxygen atoms in total. The van der Waals surface area contributed by atoms with Crippen LogP contribution in [0.3, 0.4) is 0 Å². The Morgan fingerprint density at radius 1 is 1.05 bits per heavy atom. The maximum atomic E-state index is 13.9. The van der Waals surface area contributed by atoms with Crippen molar-refractivity contribution < 1.29 is 14.3 Å². The van der Waals surface area contributed by atoms with Gasteiger partial charge in [0.2, 0.25) is 0 Å². The number of nitrogens with one attached hydrogen (secondary N) is 2. The van der Waals surface area contributed by atoms with Gasteiger partial charge in [-0.3, -0.25) is 19.3 Å². The van der Waals surface area contributed by atoms with E-state index >= 15 is 0 Å². The van der Waals surface area contributed by atoms with Crippen LogP contribution in [-0.4, -0.2) is 34.5 Å². The molecule has 3 aromatic carbocycles. The highest BCUT2D eigenvalue weighted by molar-refractivity contribution is 6.31. The number of aromatic nitrogens is 2. The lowest BCUT2D eigenvalue weighted by Crippen LogP contribution is -2.31. The number of nitriles is 1. The SMILES string of the molecule is CCNC(=O)c1cc2c(-c3ccc(C(=O)N(CC#N)c4cccc(Cl)c4)cc3Oc3c(C)cccc3C)cn(C)c(=O)c2[nH]1. The van der Waals surface area contributed by atoms with Gasteiger partial charge in [-0.1, -0.05) is 35.9 Å². The molecule has 0 aliphatic heterocycles. The molecule has 5 aromatic rings. The monoisotopic (exact) mass is 607 g/mol. The molecule has 2 amide bonds. The first-order chi connectivity index (χ1) is 21.1. The number of ether oxygens (including phenoxy) is 1. The fraction of sp³-hybridized carbons (Fsp3) is 0.176. The van der Waals surface area contributed by atoms with Gasteiger partial charge in [-0.25, -0.2) is 0 Å². The van der Waals surface area contributed by atoms with E-state index < -0.39 is 5.91 Å². The molecule has 10 heteroatoms. The summed E-state index contributed by atoms with van der Waals surface area (Å²) < 4.78 is 7.99. The van der Waals surface area contributed by atoms with E-state index in [2.05, 4.69) is 16.4 Å². The van der Waals surface area contributed by atoms with Gasteiger partial charge in [0, 0.05) is 52.6 Å². The van der Waals surface area contributed by atoms with Crippen LogP contribution >= 0.6 is 11.6 Å². The van der Waals surface area contributed by atoms with Crippen LogP contribution in [0, 0.1) is 25.2 Å². The summed E-state index contributed by atoms with van der Waals surface area (Å²) in [5, 5.41) is 13.2. The number of aryl methyl sites for hydroxylation is 3. The van der Waals surface area contributed by atoms with E-state index in [9.17, 15) is 19.6 Å². The molecule has 0 atom stereocenters. The molecule has 222 valence electrons. The lowest BCUT2D eigenvalue weighted by atomic mass is 10.00. The minimum Gasteiger partial charge on any atom is -0.456 e. The lowest BCUT2D eigenvalue weighted by molar-refractivity contribution is 0.0950.